The minimum atomic E-state index is -0.469. The lowest BCUT2D eigenvalue weighted by molar-refractivity contribution is -0.124. The summed E-state index contributed by atoms with van der Waals surface area (Å²) in [7, 11) is 0. The Kier molecular flexibility index (Phi) is 5.94. The van der Waals surface area contributed by atoms with Crippen LogP contribution in [0.25, 0.3) is 0 Å². The van der Waals surface area contributed by atoms with Crippen molar-refractivity contribution in [1.29, 1.82) is 0 Å². The molecule has 0 unspecified atom stereocenters. The van der Waals surface area contributed by atoms with Gasteiger partial charge in [0.2, 0.25) is 0 Å². The lowest BCUT2D eigenvalue weighted by Gasteiger charge is -2.16. The number of ether oxygens (including phenoxy) is 1. The van der Waals surface area contributed by atoms with Crippen LogP contribution in [-0.2, 0) is 22.4 Å². The van der Waals surface area contributed by atoms with Crippen LogP contribution in [0.2, 0.25) is 5.02 Å². The van der Waals surface area contributed by atoms with Gasteiger partial charge < -0.3 is 10.1 Å². The van der Waals surface area contributed by atoms with Gasteiger partial charge in [0.15, 0.2) is 6.61 Å². The van der Waals surface area contributed by atoms with Gasteiger partial charge in [-0.05, 0) is 73.6 Å². The molecule has 3 rings (SSSR count). The van der Waals surface area contributed by atoms with Crippen molar-refractivity contribution in [2.45, 2.75) is 38.6 Å². The third kappa shape index (κ3) is 4.64. The van der Waals surface area contributed by atoms with Crippen LogP contribution in [0.5, 0.6) is 0 Å². The normalized spacial score (nSPS) is 14.2. The van der Waals surface area contributed by atoms with Crippen molar-refractivity contribution in [1.82, 2.24) is 5.32 Å². The quantitative estimate of drug-likeness (QED) is 0.799. The zero-order chi connectivity index (χ0) is 18.5. The first-order valence-electron chi connectivity index (χ1n) is 8.86. The standard InChI is InChI=1S/C21H22ClNO3/c1-14(16-7-4-8-19(22)12-16)23-20(24)13-26-21(25)18-10-9-15-5-2-3-6-17(15)11-18/h4,7-12,14H,2-3,5-6,13H2,1H3,(H,23,24)/t14-/m1/s1. The van der Waals surface area contributed by atoms with E-state index in [2.05, 4.69) is 5.32 Å². The number of benzene rings is 2. The fourth-order valence-electron chi connectivity index (χ4n) is 3.22. The molecule has 1 aliphatic rings. The van der Waals surface area contributed by atoms with Crippen molar-refractivity contribution in [2.24, 2.45) is 0 Å². The van der Waals surface area contributed by atoms with Gasteiger partial charge in [-0.2, -0.15) is 0 Å². The number of aryl methyl sites for hydroxylation is 2. The molecule has 0 fully saturated rings. The molecule has 0 aliphatic heterocycles. The molecule has 5 heteroatoms. The molecular weight excluding hydrogens is 350 g/mol. The number of amides is 1. The summed E-state index contributed by atoms with van der Waals surface area (Å²) < 4.78 is 5.16. The van der Waals surface area contributed by atoms with E-state index in [0.29, 0.717) is 10.6 Å². The molecule has 1 aliphatic carbocycles. The maximum atomic E-state index is 12.2. The van der Waals surface area contributed by atoms with Crippen LogP contribution in [0.4, 0.5) is 0 Å². The van der Waals surface area contributed by atoms with E-state index in [1.165, 1.54) is 17.5 Å². The van der Waals surface area contributed by atoms with E-state index in [-0.39, 0.29) is 18.6 Å². The number of nitrogens with one attached hydrogen (secondary N) is 1. The Labute approximate surface area is 158 Å². The number of esters is 1. The van der Waals surface area contributed by atoms with Crippen molar-refractivity contribution in [3.05, 3.63) is 69.7 Å². The summed E-state index contributed by atoms with van der Waals surface area (Å²) in [5.41, 5.74) is 3.92. The smallest absolute Gasteiger partial charge is 0.338 e. The second kappa shape index (κ2) is 8.37. The summed E-state index contributed by atoms with van der Waals surface area (Å²) in [4.78, 5) is 24.3. The minimum absolute atomic E-state index is 0.219. The van der Waals surface area contributed by atoms with Gasteiger partial charge in [0.05, 0.1) is 11.6 Å². The highest BCUT2D eigenvalue weighted by atomic mass is 35.5. The van der Waals surface area contributed by atoms with Gasteiger partial charge >= 0.3 is 5.97 Å². The largest absolute Gasteiger partial charge is 0.452 e. The number of hydrogen-bond donors (Lipinski definition) is 1. The highest BCUT2D eigenvalue weighted by Gasteiger charge is 2.16. The molecular formula is C21H22ClNO3. The van der Waals surface area contributed by atoms with E-state index in [9.17, 15) is 9.59 Å². The molecule has 26 heavy (non-hydrogen) atoms. The van der Waals surface area contributed by atoms with E-state index in [4.69, 9.17) is 16.3 Å². The Bertz CT molecular complexity index is 819. The molecule has 1 N–H and O–H groups in total. The lowest BCUT2D eigenvalue weighted by Crippen LogP contribution is -2.31. The predicted molar refractivity (Wildman–Crippen MR) is 101 cm³/mol. The lowest BCUT2D eigenvalue weighted by atomic mass is 9.90. The van der Waals surface area contributed by atoms with Crippen molar-refractivity contribution in [2.75, 3.05) is 6.61 Å². The molecule has 0 saturated carbocycles. The summed E-state index contributed by atoms with van der Waals surface area (Å²) >= 11 is 5.96. The Morgan fingerprint density at radius 3 is 2.65 bits per heavy atom. The monoisotopic (exact) mass is 371 g/mol. The first kappa shape index (κ1) is 18.5. The van der Waals surface area contributed by atoms with Gasteiger partial charge in [-0.3, -0.25) is 4.79 Å². The maximum absolute atomic E-state index is 12.2. The first-order valence-corrected chi connectivity index (χ1v) is 9.24. The zero-order valence-electron chi connectivity index (χ0n) is 14.8. The zero-order valence-corrected chi connectivity index (χ0v) is 15.5. The van der Waals surface area contributed by atoms with Crippen LogP contribution in [0.15, 0.2) is 42.5 Å². The Morgan fingerprint density at radius 1 is 1.12 bits per heavy atom. The molecule has 0 saturated heterocycles. The van der Waals surface area contributed by atoms with Crippen LogP contribution in [0.3, 0.4) is 0 Å². The van der Waals surface area contributed by atoms with Gasteiger partial charge in [0.25, 0.3) is 5.91 Å². The third-order valence-corrected chi connectivity index (χ3v) is 4.88. The van der Waals surface area contributed by atoms with Gasteiger partial charge in [-0.15, -0.1) is 0 Å². The van der Waals surface area contributed by atoms with Gasteiger partial charge in [-0.25, -0.2) is 4.79 Å². The molecule has 0 bridgehead atoms. The molecule has 0 radical (unpaired) electrons. The van der Waals surface area contributed by atoms with E-state index in [0.717, 1.165) is 24.8 Å². The topological polar surface area (TPSA) is 55.4 Å². The molecule has 2 aromatic carbocycles. The Balaban J connectivity index is 1.53. The highest BCUT2D eigenvalue weighted by molar-refractivity contribution is 6.30. The van der Waals surface area contributed by atoms with Crippen LogP contribution < -0.4 is 5.32 Å². The number of fused-ring (bicyclic) bond motifs is 1. The molecule has 0 aromatic heterocycles. The molecule has 136 valence electrons. The summed E-state index contributed by atoms with van der Waals surface area (Å²) in [5, 5.41) is 3.42. The Morgan fingerprint density at radius 2 is 1.88 bits per heavy atom. The first-order chi connectivity index (χ1) is 12.5. The van der Waals surface area contributed by atoms with Gasteiger partial charge in [-0.1, -0.05) is 29.8 Å². The fraction of sp³-hybridized carbons (Fsp3) is 0.333. The number of halogens is 1. The molecule has 0 spiro atoms. The van der Waals surface area contributed by atoms with E-state index in [1.807, 2.05) is 31.2 Å². The second-order valence-corrected chi connectivity index (χ2v) is 7.05. The van der Waals surface area contributed by atoms with Crippen molar-refractivity contribution in [3.63, 3.8) is 0 Å². The van der Waals surface area contributed by atoms with Crippen LogP contribution in [0.1, 0.15) is 52.9 Å². The second-order valence-electron chi connectivity index (χ2n) is 6.61. The molecule has 2 aromatic rings. The summed E-state index contributed by atoms with van der Waals surface area (Å²) in [6.45, 7) is 1.55. The van der Waals surface area contributed by atoms with E-state index < -0.39 is 5.97 Å². The SMILES string of the molecule is C[C@@H](NC(=O)COC(=O)c1ccc2c(c1)CCCC2)c1cccc(Cl)c1. The van der Waals surface area contributed by atoms with Gasteiger partial charge in [0, 0.05) is 5.02 Å². The molecule has 0 heterocycles. The number of carbonyl (C=O) groups is 2. The van der Waals surface area contributed by atoms with E-state index in [1.54, 1.807) is 18.2 Å². The maximum Gasteiger partial charge on any atom is 0.338 e. The van der Waals surface area contributed by atoms with E-state index >= 15 is 0 Å². The van der Waals surface area contributed by atoms with Crippen LogP contribution >= 0.6 is 11.6 Å². The minimum Gasteiger partial charge on any atom is -0.452 e. The van der Waals surface area contributed by atoms with Crippen LogP contribution in [0, 0.1) is 0 Å². The van der Waals surface area contributed by atoms with Crippen molar-refractivity contribution < 1.29 is 14.3 Å². The summed E-state index contributed by atoms with van der Waals surface area (Å²) in [6.07, 6.45) is 4.40. The average molecular weight is 372 g/mol. The molecule has 1 atom stereocenters. The summed E-state index contributed by atoms with van der Waals surface area (Å²) in [6, 6.07) is 12.7. The average Bonchev–Trinajstić information content (AvgIpc) is 2.65. The van der Waals surface area contributed by atoms with Gasteiger partial charge in [0.1, 0.15) is 0 Å². The summed E-state index contributed by atoms with van der Waals surface area (Å²) in [5.74, 6) is -0.812. The third-order valence-electron chi connectivity index (χ3n) is 4.64. The predicted octanol–water partition coefficient (Wildman–Crippen LogP) is 4.25. The van der Waals surface area contributed by atoms with Crippen LogP contribution in [-0.4, -0.2) is 18.5 Å². The van der Waals surface area contributed by atoms with Crippen molar-refractivity contribution in [3.8, 4) is 0 Å². The number of carbonyl (C=O) groups excluding carboxylic acids is 2. The molecule has 1 amide bonds. The molecule has 4 nitrogen and oxygen atoms in total. The Hall–Kier alpha value is -2.33. The number of rotatable bonds is 5. The van der Waals surface area contributed by atoms with Crippen molar-refractivity contribution >= 4 is 23.5 Å². The number of hydrogen-bond acceptors (Lipinski definition) is 3. The highest BCUT2D eigenvalue weighted by Crippen LogP contribution is 2.22. The fourth-order valence-corrected chi connectivity index (χ4v) is 3.42.